The molecule has 0 unspecified atom stereocenters. The van der Waals surface area contributed by atoms with Gasteiger partial charge in [-0.25, -0.2) is 13.4 Å². The SMILES string of the molecule is Cc1cccc(-c2ncc(S(=O)(=O)Cl)s2)c1. The molecule has 0 bridgehead atoms. The van der Waals surface area contributed by atoms with Crippen molar-refractivity contribution in [3.63, 3.8) is 0 Å². The van der Waals surface area contributed by atoms with E-state index in [-0.39, 0.29) is 4.21 Å². The van der Waals surface area contributed by atoms with E-state index < -0.39 is 9.05 Å². The molecule has 0 atom stereocenters. The molecular weight excluding hydrogens is 266 g/mol. The van der Waals surface area contributed by atoms with Crippen molar-refractivity contribution in [2.24, 2.45) is 0 Å². The van der Waals surface area contributed by atoms with Crippen LogP contribution in [0.2, 0.25) is 0 Å². The predicted octanol–water partition coefficient (Wildman–Crippen LogP) is 3.05. The van der Waals surface area contributed by atoms with E-state index in [0.717, 1.165) is 22.5 Å². The van der Waals surface area contributed by atoms with Gasteiger partial charge in [0.1, 0.15) is 5.01 Å². The molecule has 6 heteroatoms. The molecule has 0 saturated heterocycles. The first-order chi connectivity index (χ1) is 7.47. The minimum atomic E-state index is -3.67. The zero-order valence-electron chi connectivity index (χ0n) is 8.34. The molecule has 1 aromatic heterocycles. The molecule has 84 valence electrons. The van der Waals surface area contributed by atoms with Gasteiger partial charge in [0.05, 0.1) is 6.20 Å². The second kappa shape index (κ2) is 4.16. The molecule has 3 nitrogen and oxygen atoms in total. The lowest BCUT2D eigenvalue weighted by atomic mass is 10.1. The van der Waals surface area contributed by atoms with Crippen LogP contribution in [0.5, 0.6) is 0 Å². The van der Waals surface area contributed by atoms with Crippen molar-refractivity contribution in [2.45, 2.75) is 11.1 Å². The standard InChI is InChI=1S/C10H8ClNO2S2/c1-7-3-2-4-8(5-7)10-12-6-9(15-10)16(11,13)14/h2-6H,1H3. The van der Waals surface area contributed by atoms with Gasteiger partial charge in [-0.3, -0.25) is 0 Å². The molecular formula is C10H8ClNO2S2. The smallest absolute Gasteiger partial charge is 0.243 e. The molecule has 1 heterocycles. The summed E-state index contributed by atoms with van der Waals surface area (Å²) in [6.45, 7) is 1.97. The minimum Gasteiger partial charge on any atom is -0.243 e. The largest absolute Gasteiger partial charge is 0.272 e. The maximum absolute atomic E-state index is 11.1. The first kappa shape index (κ1) is 11.6. The average molecular weight is 274 g/mol. The molecule has 16 heavy (non-hydrogen) atoms. The highest BCUT2D eigenvalue weighted by Gasteiger charge is 2.15. The Morgan fingerprint density at radius 2 is 2.12 bits per heavy atom. The molecule has 0 aliphatic rings. The summed E-state index contributed by atoms with van der Waals surface area (Å²) in [5.41, 5.74) is 2.00. The van der Waals surface area contributed by atoms with E-state index in [4.69, 9.17) is 10.7 Å². The molecule has 0 N–H and O–H groups in total. The molecule has 1 aromatic carbocycles. The molecule has 0 fully saturated rings. The summed E-state index contributed by atoms with van der Waals surface area (Å²) in [6, 6.07) is 7.71. The molecule has 2 rings (SSSR count). The van der Waals surface area contributed by atoms with Gasteiger partial charge in [0.2, 0.25) is 0 Å². The fourth-order valence-corrected chi connectivity index (χ4v) is 3.15. The number of hydrogen-bond acceptors (Lipinski definition) is 4. The van der Waals surface area contributed by atoms with Crippen LogP contribution in [0.4, 0.5) is 0 Å². The van der Waals surface area contributed by atoms with Gasteiger partial charge in [-0.15, -0.1) is 11.3 Å². The molecule has 0 spiro atoms. The predicted molar refractivity (Wildman–Crippen MR) is 65.3 cm³/mol. The Morgan fingerprint density at radius 3 is 2.69 bits per heavy atom. The molecule has 0 amide bonds. The van der Waals surface area contributed by atoms with Gasteiger partial charge in [0.25, 0.3) is 9.05 Å². The number of thiazole rings is 1. The Hall–Kier alpha value is -0.910. The van der Waals surface area contributed by atoms with E-state index in [1.54, 1.807) is 0 Å². The zero-order chi connectivity index (χ0) is 11.8. The topological polar surface area (TPSA) is 47.0 Å². The van der Waals surface area contributed by atoms with Crippen molar-refractivity contribution in [1.29, 1.82) is 0 Å². The van der Waals surface area contributed by atoms with Crippen molar-refractivity contribution < 1.29 is 8.42 Å². The number of hydrogen-bond donors (Lipinski definition) is 0. The van der Waals surface area contributed by atoms with Crippen LogP contribution in [0, 0.1) is 6.92 Å². The maximum Gasteiger partial charge on any atom is 0.272 e. The summed E-state index contributed by atoms with van der Waals surface area (Å²) in [5.74, 6) is 0. The van der Waals surface area contributed by atoms with Crippen LogP contribution in [0.15, 0.2) is 34.7 Å². The molecule has 0 saturated carbocycles. The fraction of sp³-hybridized carbons (Fsp3) is 0.100. The van der Waals surface area contributed by atoms with E-state index >= 15 is 0 Å². The van der Waals surface area contributed by atoms with Crippen molar-refractivity contribution >= 4 is 31.1 Å². The van der Waals surface area contributed by atoms with Crippen LogP contribution in [0.1, 0.15) is 5.56 Å². The number of aryl methyl sites for hydroxylation is 1. The van der Waals surface area contributed by atoms with Crippen LogP contribution < -0.4 is 0 Å². The average Bonchev–Trinajstić information content (AvgIpc) is 2.65. The number of halogens is 1. The highest BCUT2D eigenvalue weighted by atomic mass is 35.7. The third-order valence-corrected chi connectivity index (χ3v) is 5.10. The van der Waals surface area contributed by atoms with Gasteiger partial charge in [0.15, 0.2) is 4.21 Å². The van der Waals surface area contributed by atoms with Crippen LogP contribution in [0.25, 0.3) is 10.6 Å². The monoisotopic (exact) mass is 273 g/mol. The lowest BCUT2D eigenvalue weighted by Gasteiger charge is -1.96. The van der Waals surface area contributed by atoms with E-state index in [0.29, 0.717) is 5.01 Å². The summed E-state index contributed by atoms with van der Waals surface area (Å²) in [7, 11) is 1.56. The van der Waals surface area contributed by atoms with Gasteiger partial charge in [-0.05, 0) is 13.0 Å². The normalized spacial score (nSPS) is 11.6. The first-order valence-electron chi connectivity index (χ1n) is 4.44. The molecule has 0 radical (unpaired) electrons. The maximum atomic E-state index is 11.1. The number of aromatic nitrogens is 1. The molecule has 2 aromatic rings. The van der Waals surface area contributed by atoms with E-state index in [2.05, 4.69) is 4.98 Å². The van der Waals surface area contributed by atoms with Crippen molar-refractivity contribution in [3.05, 3.63) is 36.0 Å². The Bertz CT molecular complexity index is 619. The van der Waals surface area contributed by atoms with Crippen LogP contribution >= 0.6 is 22.0 Å². The first-order valence-corrected chi connectivity index (χ1v) is 7.57. The van der Waals surface area contributed by atoms with Crippen LogP contribution in [-0.4, -0.2) is 13.4 Å². The van der Waals surface area contributed by atoms with Gasteiger partial charge in [0, 0.05) is 16.2 Å². The summed E-state index contributed by atoms with van der Waals surface area (Å²) >= 11 is 1.07. The zero-order valence-corrected chi connectivity index (χ0v) is 10.7. The van der Waals surface area contributed by atoms with Gasteiger partial charge in [-0.1, -0.05) is 23.8 Å². The van der Waals surface area contributed by atoms with Gasteiger partial charge in [-0.2, -0.15) is 0 Å². The van der Waals surface area contributed by atoms with Gasteiger partial charge >= 0.3 is 0 Å². The summed E-state index contributed by atoms with van der Waals surface area (Å²) in [4.78, 5) is 4.05. The molecule has 0 aliphatic heterocycles. The quantitative estimate of drug-likeness (QED) is 0.790. The Kier molecular flexibility index (Phi) is 3.01. The second-order valence-corrected chi connectivity index (χ2v) is 7.12. The Morgan fingerprint density at radius 1 is 1.38 bits per heavy atom. The van der Waals surface area contributed by atoms with Crippen molar-refractivity contribution in [2.75, 3.05) is 0 Å². The summed E-state index contributed by atoms with van der Waals surface area (Å²) in [5, 5.41) is 0.655. The van der Waals surface area contributed by atoms with Crippen LogP contribution in [-0.2, 0) is 9.05 Å². The van der Waals surface area contributed by atoms with E-state index in [1.807, 2.05) is 31.2 Å². The highest BCUT2D eigenvalue weighted by molar-refractivity contribution is 8.15. The summed E-state index contributed by atoms with van der Waals surface area (Å²) < 4.78 is 22.2. The van der Waals surface area contributed by atoms with Gasteiger partial charge < -0.3 is 0 Å². The second-order valence-electron chi connectivity index (χ2n) is 3.29. The third-order valence-electron chi connectivity index (χ3n) is 1.99. The molecule has 0 aliphatic carbocycles. The van der Waals surface area contributed by atoms with E-state index in [9.17, 15) is 8.42 Å². The highest BCUT2D eigenvalue weighted by Crippen LogP contribution is 2.29. The van der Waals surface area contributed by atoms with Crippen molar-refractivity contribution in [1.82, 2.24) is 4.98 Å². The lowest BCUT2D eigenvalue weighted by molar-refractivity contribution is 0.611. The van der Waals surface area contributed by atoms with E-state index in [1.165, 1.54) is 6.20 Å². The number of benzene rings is 1. The minimum absolute atomic E-state index is 0.0747. The lowest BCUT2D eigenvalue weighted by Crippen LogP contribution is -1.83. The summed E-state index contributed by atoms with van der Waals surface area (Å²) in [6.07, 6.45) is 1.28. The third kappa shape index (κ3) is 2.42. The Labute approximate surface area is 102 Å². The van der Waals surface area contributed by atoms with Crippen molar-refractivity contribution in [3.8, 4) is 10.6 Å². The Balaban J connectivity index is 2.47. The number of rotatable bonds is 2. The fourth-order valence-electron chi connectivity index (χ4n) is 1.28. The number of nitrogens with zero attached hydrogens (tertiary/aromatic N) is 1. The van der Waals surface area contributed by atoms with Crippen LogP contribution in [0.3, 0.4) is 0 Å².